The van der Waals surface area contributed by atoms with Gasteiger partial charge in [0.15, 0.2) is 0 Å². The predicted octanol–water partition coefficient (Wildman–Crippen LogP) is 4.69. The van der Waals surface area contributed by atoms with Gasteiger partial charge in [0.2, 0.25) is 0 Å². The van der Waals surface area contributed by atoms with Crippen molar-refractivity contribution in [2.75, 3.05) is 36.6 Å². The van der Waals surface area contributed by atoms with Gasteiger partial charge in [-0.2, -0.15) is 0 Å². The first-order valence-corrected chi connectivity index (χ1v) is 12.3. The van der Waals surface area contributed by atoms with Crippen LogP contribution in [0.2, 0.25) is 0 Å². The summed E-state index contributed by atoms with van der Waals surface area (Å²) in [4.78, 5) is 27.4. The van der Waals surface area contributed by atoms with E-state index in [0.29, 0.717) is 60.0 Å². The molecule has 1 N–H and O–H groups in total. The van der Waals surface area contributed by atoms with Gasteiger partial charge in [-0.1, -0.05) is 24.3 Å². The zero-order chi connectivity index (χ0) is 27.0. The number of anilines is 1. The molecule has 1 aliphatic rings. The topological polar surface area (TPSA) is 85.2 Å². The number of pyridine rings is 2. The van der Waals surface area contributed by atoms with Gasteiger partial charge in [-0.3, -0.25) is 9.78 Å². The molecule has 0 aliphatic carbocycles. The Bertz CT molecular complexity index is 1540. The Labute approximate surface area is 217 Å². The maximum atomic E-state index is 14.9. The molecule has 8 nitrogen and oxygen atoms in total. The summed E-state index contributed by atoms with van der Waals surface area (Å²) < 4.78 is 48.6. The van der Waals surface area contributed by atoms with Crippen LogP contribution in [-0.2, 0) is 4.74 Å². The number of ether oxygens (including phenoxy) is 1. The molecule has 1 saturated heterocycles. The molecular formula is C27H27F3N6O2. The van der Waals surface area contributed by atoms with Gasteiger partial charge in [0.25, 0.3) is 12.0 Å². The van der Waals surface area contributed by atoms with E-state index in [-0.39, 0.29) is 11.1 Å². The highest BCUT2D eigenvalue weighted by molar-refractivity contribution is 5.98. The van der Waals surface area contributed by atoms with Crippen LogP contribution in [0.25, 0.3) is 22.0 Å². The summed E-state index contributed by atoms with van der Waals surface area (Å²) in [5.74, 6) is -0.224. The first-order valence-electron chi connectivity index (χ1n) is 12.3. The molecule has 4 aromatic rings. The van der Waals surface area contributed by atoms with Crippen LogP contribution in [-0.4, -0.2) is 45.9 Å². The first kappa shape index (κ1) is 25.7. The minimum atomic E-state index is -2.93. The van der Waals surface area contributed by atoms with Crippen molar-refractivity contribution in [3.8, 4) is 11.1 Å². The normalized spacial score (nSPS) is 14.8. The van der Waals surface area contributed by atoms with Crippen molar-refractivity contribution >= 4 is 16.7 Å². The maximum Gasteiger partial charge on any atom is 0.279 e. The van der Waals surface area contributed by atoms with Crippen molar-refractivity contribution in [3.63, 3.8) is 0 Å². The summed E-state index contributed by atoms with van der Waals surface area (Å²) in [6.07, 6.45) is 0.361. The highest BCUT2D eigenvalue weighted by Gasteiger charge is 2.24. The smallest absolute Gasteiger partial charge is 0.279 e. The van der Waals surface area contributed by atoms with Crippen molar-refractivity contribution < 1.29 is 17.9 Å². The van der Waals surface area contributed by atoms with Crippen molar-refractivity contribution in [1.82, 2.24) is 19.6 Å². The van der Waals surface area contributed by atoms with E-state index in [1.165, 1.54) is 16.8 Å². The van der Waals surface area contributed by atoms with E-state index in [2.05, 4.69) is 20.3 Å². The number of fused-ring (bicyclic) bond motifs is 1. The molecule has 3 aromatic heterocycles. The van der Waals surface area contributed by atoms with E-state index in [0.717, 1.165) is 11.8 Å². The minimum absolute atomic E-state index is 0.0803. The number of morpholine rings is 1. The second kappa shape index (κ2) is 10.4. The Balaban J connectivity index is 1.70. The highest BCUT2D eigenvalue weighted by Crippen LogP contribution is 2.32. The van der Waals surface area contributed by atoms with E-state index >= 15 is 0 Å². The van der Waals surface area contributed by atoms with E-state index in [1.54, 1.807) is 26.2 Å². The number of benzene rings is 1. The van der Waals surface area contributed by atoms with Gasteiger partial charge in [-0.05, 0) is 26.8 Å². The Morgan fingerprint density at radius 1 is 1.05 bits per heavy atom. The van der Waals surface area contributed by atoms with Gasteiger partial charge in [-0.25, -0.2) is 27.8 Å². The Morgan fingerprint density at radius 2 is 1.79 bits per heavy atom. The van der Waals surface area contributed by atoms with Crippen LogP contribution in [0.5, 0.6) is 0 Å². The van der Waals surface area contributed by atoms with E-state index in [1.807, 2.05) is 24.1 Å². The van der Waals surface area contributed by atoms with Crippen LogP contribution in [0.3, 0.4) is 0 Å². The fourth-order valence-corrected chi connectivity index (χ4v) is 4.61. The van der Waals surface area contributed by atoms with Crippen molar-refractivity contribution in [1.29, 1.82) is 0 Å². The number of nitrogens with one attached hydrogen (secondary N) is 1. The van der Waals surface area contributed by atoms with Crippen LogP contribution < -0.4 is 15.9 Å². The zero-order valence-electron chi connectivity index (χ0n) is 21.2. The van der Waals surface area contributed by atoms with Gasteiger partial charge in [-0.15, -0.1) is 0 Å². The third-order valence-electron chi connectivity index (χ3n) is 6.57. The molecule has 0 bridgehead atoms. The summed E-state index contributed by atoms with van der Waals surface area (Å²) in [6.45, 7) is 7.17. The molecular weight excluding hydrogens is 497 g/mol. The third kappa shape index (κ3) is 4.81. The summed E-state index contributed by atoms with van der Waals surface area (Å²) in [5.41, 5.74) is 1.32. The fourth-order valence-electron chi connectivity index (χ4n) is 4.61. The van der Waals surface area contributed by atoms with Gasteiger partial charge in [0.05, 0.1) is 54.4 Å². The molecule has 0 amide bonds. The Morgan fingerprint density at radius 3 is 2.47 bits per heavy atom. The highest BCUT2D eigenvalue weighted by atomic mass is 19.3. The molecule has 4 heterocycles. The summed E-state index contributed by atoms with van der Waals surface area (Å²) in [5, 5.41) is 5.58. The van der Waals surface area contributed by atoms with E-state index in [4.69, 9.17) is 4.74 Å². The number of alkyl halides is 2. The maximum absolute atomic E-state index is 14.9. The van der Waals surface area contributed by atoms with Crippen LogP contribution in [0.15, 0.2) is 47.5 Å². The minimum Gasteiger partial charge on any atom is -0.378 e. The molecule has 198 valence electrons. The van der Waals surface area contributed by atoms with E-state index < -0.39 is 23.8 Å². The summed E-state index contributed by atoms with van der Waals surface area (Å²) >= 11 is 0. The molecule has 1 aromatic carbocycles. The molecule has 1 fully saturated rings. The third-order valence-corrected chi connectivity index (χ3v) is 6.57. The molecule has 1 atom stereocenters. The number of nitrogens with zero attached hydrogens (tertiary/aromatic N) is 5. The number of aromatic nitrogens is 4. The molecule has 38 heavy (non-hydrogen) atoms. The molecule has 0 spiro atoms. The molecule has 0 unspecified atom stereocenters. The number of hydrogen-bond donors (Lipinski definition) is 1. The molecule has 5 rings (SSSR count). The largest absolute Gasteiger partial charge is 0.378 e. The van der Waals surface area contributed by atoms with Crippen molar-refractivity contribution in [3.05, 3.63) is 81.5 Å². The van der Waals surface area contributed by atoms with Crippen molar-refractivity contribution in [2.45, 2.75) is 33.2 Å². The van der Waals surface area contributed by atoms with Crippen molar-refractivity contribution in [2.24, 2.45) is 0 Å². The Kier molecular flexibility index (Phi) is 7.02. The van der Waals surface area contributed by atoms with Crippen LogP contribution >= 0.6 is 0 Å². The number of hydrogen-bond acceptors (Lipinski definition) is 7. The number of aryl methyl sites for hydroxylation is 2. The Hall–Kier alpha value is -3.99. The average molecular weight is 525 g/mol. The standard InChI is InChI=1S/C27H27F3N6O2/c1-15-7-8-18(13-31-15)22-24-21(14-36(27(22)37)35-9-11-38-12-10-35)26(34-17(3)33-24)32-16(2)19-5-4-6-20(23(19)28)25(29)30/h4-8,13-14,16,25H,9-12H2,1-3H3,(H,32,33,34)/t16-/m1/s1. The monoisotopic (exact) mass is 524 g/mol. The number of halogens is 3. The SMILES string of the molecule is Cc1ccc(-c2c(=O)n(N3CCOCC3)cc3c(N[C@H](C)c4cccc(C(F)F)c4F)nc(C)nc23)cn1. The lowest BCUT2D eigenvalue weighted by molar-refractivity contribution is 0.111. The van der Waals surface area contributed by atoms with Gasteiger partial charge in [0.1, 0.15) is 17.5 Å². The molecule has 1 aliphatic heterocycles. The lowest BCUT2D eigenvalue weighted by atomic mass is 10.0. The lowest BCUT2D eigenvalue weighted by Crippen LogP contribution is -2.49. The fraction of sp³-hybridized carbons (Fsp3) is 0.333. The summed E-state index contributed by atoms with van der Waals surface area (Å²) in [7, 11) is 0. The first-order chi connectivity index (χ1) is 18.2. The van der Waals surface area contributed by atoms with Gasteiger partial charge >= 0.3 is 0 Å². The van der Waals surface area contributed by atoms with Gasteiger partial charge in [0, 0.05) is 29.2 Å². The summed E-state index contributed by atoms with van der Waals surface area (Å²) in [6, 6.07) is 6.87. The molecule has 0 saturated carbocycles. The quantitative estimate of drug-likeness (QED) is 0.392. The van der Waals surface area contributed by atoms with Crippen LogP contribution in [0.1, 0.15) is 42.0 Å². The zero-order valence-corrected chi connectivity index (χ0v) is 21.2. The van der Waals surface area contributed by atoms with Gasteiger partial charge < -0.3 is 15.1 Å². The van der Waals surface area contributed by atoms with Crippen LogP contribution in [0.4, 0.5) is 19.0 Å². The number of rotatable bonds is 6. The lowest BCUT2D eigenvalue weighted by Gasteiger charge is -2.31. The predicted molar refractivity (Wildman–Crippen MR) is 139 cm³/mol. The van der Waals surface area contributed by atoms with Crippen LogP contribution in [0, 0.1) is 19.7 Å². The second-order valence-electron chi connectivity index (χ2n) is 9.21. The van der Waals surface area contributed by atoms with E-state index in [9.17, 15) is 18.0 Å². The molecule has 0 radical (unpaired) electrons. The second-order valence-corrected chi connectivity index (χ2v) is 9.21. The molecule has 11 heteroatoms. The average Bonchev–Trinajstić information content (AvgIpc) is 2.89.